The van der Waals surface area contributed by atoms with Gasteiger partial charge in [0.2, 0.25) is 0 Å². The molecular formula is C16H25N5O. The van der Waals surface area contributed by atoms with Crippen molar-refractivity contribution in [3.8, 4) is 0 Å². The number of rotatable bonds is 2. The number of likely N-dealkylation sites (tertiary alicyclic amines) is 1. The van der Waals surface area contributed by atoms with Crippen LogP contribution in [-0.4, -0.2) is 72.0 Å². The summed E-state index contributed by atoms with van der Waals surface area (Å²) >= 11 is 0. The lowest BCUT2D eigenvalue weighted by Crippen LogP contribution is -2.45. The van der Waals surface area contributed by atoms with Crippen LogP contribution >= 0.6 is 0 Å². The van der Waals surface area contributed by atoms with Gasteiger partial charge in [-0.1, -0.05) is 6.92 Å². The number of likely N-dealkylation sites (N-methyl/N-ethyl adjacent to an activating group) is 1. The topological polar surface area (TPSA) is 52.6 Å². The van der Waals surface area contributed by atoms with Crippen LogP contribution in [0.5, 0.6) is 0 Å². The molecule has 6 nitrogen and oxygen atoms in total. The SMILES string of the molecule is CC1CCN(C(=O)c2cnc(N3CCN(C)CC3)cn2)CC1. The molecule has 0 unspecified atom stereocenters. The average Bonchev–Trinajstić information content (AvgIpc) is 2.56. The third-order valence-electron chi connectivity index (χ3n) is 4.76. The molecule has 2 aliphatic rings. The lowest BCUT2D eigenvalue weighted by atomic mass is 9.99. The number of nitrogens with zero attached hydrogens (tertiary/aromatic N) is 5. The summed E-state index contributed by atoms with van der Waals surface area (Å²) in [5, 5.41) is 0. The molecule has 1 aromatic rings. The van der Waals surface area contributed by atoms with Crippen LogP contribution in [0.15, 0.2) is 12.4 Å². The Balaban J connectivity index is 1.62. The lowest BCUT2D eigenvalue weighted by Gasteiger charge is -2.33. The lowest BCUT2D eigenvalue weighted by molar-refractivity contribution is 0.0691. The molecule has 2 fully saturated rings. The smallest absolute Gasteiger partial charge is 0.274 e. The number of hydrogen-bond acceptors (Lipinski definition) is 5. The van der Waals surface area contributed by atoms with Crippen LogP contribution in [0.3, 0.4) is 0 Å². The van der Waals surface area contributed by atoms with E-state index in [1.807, 2.05) is 4.90 Å². The maximum absolute atomic E-state index is 12.4. The Morgan fingerprint density at radius 1 is 1.05 bits per heavy atom. The number of aromatic nitrogens is 2. The van der Waals surface area contributed by atoms with Crippen molar-refractivity contribution >= 4 is 11.7 Å². The molecule has 0 bridgehead atoms. The van der Waals surface area contributed by atoms with Crippen molar-refractivity contribution in [1.29, 1.82) is 0 Å². The Hall–Kier alpha value is -1.69. The van der Waals surface area contributed by atoms with Gasteiger partial charge in [0.1, 0.15) is 11.5 Å². The average molecular weight is 303 g/mol. The molecule has 2 saturated heterocycles. The first-order chi connectivity index (χ1) is 10.6. The van der Waals surface area contributed by atoms with Crippen LogP contribution in [0, 0.1) is 5.92 Å². The largest absolute Gasteiger partial charge is 0.353 e. The van der Waals surface area contributed by atoms with Crippen molar-refractivity contribution in [2.45, 2.75) is 19.8 Å². The summed E-state index contributed by atoms with van der Waals surface area (Å²) in [6, 6.07) is 0. The molecule has 2 aliphatic heterocycles. The highest BCUT2D eigenvalue weighted by atomic mass is 16.2. The van der Waals surface area contributed by atoms with Crippen LogP contribution in [-0.2, 0) is 0 Å². The fourth-order valence-electron chi connectivity index (χ4n) is 3.00. The maximum atomic E-state index is 12.4. The highest BCUT2D eigenvalue weighted by molar-refractivity contribution is 5.92. The van der Waals surface area contributed by atoms with Crippen molar-refractivity contribution in [2.75, 3.05) is 51.2 Å². The van der Waals surface area contributed by atoms with E-state index in [9.17, 15) is 4.79 Å². The standard InChI is InChI=1S/C16H25N5O/c1-13-3-5-21(6-4-13)16(22)14-11-18-15(12-17-14)20-9-7-19(2)8-10-20/h11-13H,3-10H2,1-2H3. The molecule has 1 amide bonds. The Kier molecular flexibility index (Phi) is 4.57. The fourth-order valence-corrected chi connectivity index (χ4v) is 3.00. The Labute approximate surface area is 132 Å². The van der Waals surface area contributed by atoms with E-state index < -0.39 is 0 Å². The van der Waals surface area contributed by atoms with Gasteiger partial charge in [-0.05, 0) is 25.8 Å². The Morgan fingerprint density at radius 2 is 1.73 bits per heavy atom. The minimum atomic E-state index is 0.0179. The number of hydrogen-bond donors (Lipinski definition) is 0. The maximum Gasteiger partial charge on any atom is 0.274 e. The normalized spacial score (nSPS) is 21.2. The Morgan fingerprint density at radius 3 is 2.32 bits per heavy atom. The highest BCUT2D eigenvalue weighted by Gasteiger charge is 2.23. The van der Waals surface area contributed by atoms with Gasteiger partial charge in [-0.2, -0.15) is 0 Å². The van der Waals surface area contributed by atoms with E-state index in [0.29, 0.717) is 5.69 Å². The van der Waals surface area contributed by atoms with E-state index in [2.05, 4.69) is 33.7 Å². The van der Waals surface area contributed by atoms with Gasteiger partial charge in [0.15, 0.2) is 0 Å². The first-order valence-electron chi connectivity index (χ1n) is 8.18. The van der Waals surface area contributed by atoms with Crippen LogP contribution < -0.4 is 4.90 Å². The van der Waals surface area contributed by atoms with E-state index in [4.69, 9.17) is 0 Å². The van der Waals surface area contributed by atoms with Crippen LogP contribution in [0.2, 0.25) is 0 Å². The second-order valence-corrected chi connectivity index (χ2v) is 6.52. The highest BCUT2D eigenvalue weighted by Crippen LogP contribution is 2.18. The third kappa shape index (κ3) is 3.38. The number of anilines is 1. The van der Waals surface area contributed by atoms with Gasteiger partial charge in [0, 0.05) is 39.3 Å². The quantitative estimate of drug-likeness (QED) is 0.819. The van der Waals surface area contributed by atoms with Crippen LogP contribution in [0.25, 0.3) is 0 Å². The number of carbonyl (C=O) groups is 1. The van der Waals surface area contributed by atoms with Gasteiger partial charge in [0.05, 0.1) is 12.4 Å². The molecular weight excluding hydrogens is 278 g/mol. The zero-order chi connectivity index (χ0) is 15.5. The molecule has 0 aromatic carbocycles. The van der Waals surface area contributed by atoms with E-state index in [-0.39, 0.29) is 5.91 Å². The van der Waals surface area contributed by atoms with E-state index >= 15 is 0 Å². The van der Waals surface area contributed by atoms with Gasteiger partial charge in [-0.25, -0.2) is 9.97 Å². The number of piperidine rings is 1. The van der Waals surface area contributed by atoms with Gasteiger partial charge < -0.3 is 14.7 Å². The number of carbonyl (C=O) groups excluding carboxylic acids is 1. The zero-order valence-electron chi connectivity index (χ0n) is 13.5. The third-order valence-corrected chi connectivity index (χ3v) is 4.76. The molecule has 3 heterocycles. The Bertz CT molecular complexity index is 502. The molecule has 0 N–H and O–H groups in total. The van der Waals surface area contributed by atoms with Crippen LogP contribution in [0.1, 0.15) is 30.3 Å². The molecule has 1 aromatic heterocycles. The van der Waals surface area contributed by atoms with E-state index in [1.54, 1.807) is 12.4 Å². The molecule has 3 rings (SSSR count). The van der Waals surface area contributed by atoms with Crippen molar-refractivity contribution in [3.63, 3.8) is 0 Å². The first-order valence-corrected chi connectivity index (χ1v) is 8.18. The first kappa shape index (κ1) is 15.2. The molecule has 0 saturated carbocycles. The minimum absolute atomic E-state index is 0.0179. The van der Waals surface area contributed by atoms with Gasteiger partial charge in [0.25, 0.3) is 5.91 Å². The van der Waals surface area contributed by atoms with Crippen molar-refractivity contribution < 1.29 is 4.79 Å². The summed E-state index contributed by atoms with van der Waals surface area (Å²) in [6.45, 7) is 7.91. The van der Waals surface area contributed by atoms with E-state index in [1.165, 1.54) is 0 Å². The van der Waals surface area contributed by atoms with Crippen molar-refractivity contribution in [3.05, 3.63) is 18.1 Å². The van der Waals surface area contributed by atoms with Crippen molar-refractivity contribution in [2.24, 2.45) is 5.92 Å². The molecule has 0 aliphatic carbocycles. The monoisotopic (exact) mass is 303 g/mol. The molecule has 0 spiro atoms. The van der Waals surface area contributed by atoms with E-state index in [0.717, 1.165) is 63.8 Å². The zero-order valence-corrected chi connectivity index (χ0v) is 13.5. The summed E-state index contributed by atoms with van der Waals surface area (Å²) in [7, 11) is 2.13. The summed E-state index contributed by atoms with van der Waals surface area (Å²) in [5.74, 6) is 1.61. The summed E-state index contributed by atoms with van der Waals surface area (Å²) < 4.78 is 0. The molecule has 6 heteroatoms. The number of amides is 1. The van der Waals surface area contributed by atoms with Gasteiger partial charge in [-0.3, -0.25) is 4.79 Å². The molecule has 22 heavy (non-hydrogen) atoms. The second-order valence-electron chi connectivity index (χ2n) is 6.52. The van der Waals surface area contributed by atoms with Gasteiger partial charge in [-0.15, -0.1) is 0 Å². The van der Waals surface area contributed by atoms with Crippen LogP contribution in [0.4, 0.5) is 5.82 Å². The summed E-state index contributed by atoms with van der Waals surface area (Å²) in [5.41, 5.74) is 0.465. The van der Waals surface area contributed by atoms with Gasteiger partial charge >= 0.3 is 0 Å². The summed E-state index contributed by atoms with van der Waals surface area (Å²) in [6.07, 6.45) is 5.54. The number of piperazine rings is 1. The predicted octanol–water partition coefficient (Wildman–Crippen LogP) is 1.10. The summed E-state index contributed by atoms with van der Waals surface area (Å²) in [4.78, 5) is 27.7. The molecule has 0 radical (unpaired) electrons. The van der Waals surface area contributed by atoms with Crippen molar-refractivity contribution in [1.82, 2.24) is 19.8 Å². The molecule has 0 atom stereocenters. The predicted molar refractivity (Wildman–Crippen MR) is 86.0 cm³/mol. The molecule has 120 valence electrons. The fraction of sp³-hybridized carbons (Fsp3) is 0.688. The second kappa shape index (κ2) is 6.60. The minimum Gasteiger partial charge on any atom is -0.353 e.